The van der Waals surface area contributed by atoms with Gasteiger partial charge in [-0.25, -0.2) is 0 Å². The Morgan fingerprint density at radius 3 is 2.77 bits per heavy atom. The van der Waals surface area contributed by atoms with Crippen LogP contribution in [0.1, 0.15) is 6.42 Å². The Labute approximate surface area is 85.5 Å². The van der Waals surface area contributed by atoms with Gasteiger partial charge < -0.3 is 0 Å². The number of alkyl halides is 1. The molecule has 0 aromatic heterocycles. The number of hydrogen-bond donors (Lipinski definition) is 0. The molecule has 0 N–H and O–H groups in total. The van der Waals surface area contributed by atoms with E-state index < -0.39 is 9.92 Å². The van der Waals surface area contributed by atoms with E-state index in [4.69, 9.17) is 23.2 Å². The molecule has 0 bridgehead atoms. The predicted molar refractivity (Wildman–Crippen MR) is 52.4 cm³/mol. The van der Waals surface area contributed by atoms with Gasteiger partial charge in [0.25, 0.3) is 0 Å². The minimum absolute atomic E-state index is 0.000957. The van der Waals surface area contributed by atoms with Gasteiger partial charge in [0, 0.05) is 16.0 Å². The molecule has 0 heterocycles. The summed E-state index contributed by atoms with van der Waals surface area (Å²) in [6, 6.07) is 0. The Bertz CT molecular complexity index is 322. The maximum absolute atomic E-state index is 10.5. The van der Waals surface area contributed by atoms with Crippen LogP contribution in [0.25, 0.3) is 0 Å². The van der Waals surface area contributed by atoms with E-state index in [0.29, 0.717) is 10.6 Å². The SMILES string of the molecule is C=CC1=C(Cl)CC(Cl)([N+](=O)[O-])C=C1. The van der Waals surface area contributed by atoms with Gasteiger partial charge in [-0.15, -0.1) is 0 Å². The minimum Gasteiger partial charge on any atom is -0.262 e. The number of rotatable bonds is 2. The van der Waals surface area contributed by atoms with E-state index in [0.717, 1.165) is 0 Å². The molecule has 0 spiro atoms. The molecular weight excluding hydrogens is 213 g/mol. The Morgan fingerprint density at radius 2 is 2.38 bits per heavy atom. The average molecular weight is 220 g/mol. The Balaban J connectivity index is 2.99. The Kier molecular flexibility index (Phi) is 2.78. The van der Waals surface area contributed by atoms with Gasteiger partial charge in [-0.05, 0) is 23.3 Å². The fraction of sp³-hybridized carbons (Fsp3) is 0.250. The zero-order valence-electron chi connectivity index (χ0n) is 6.67. The van der Waals surface area contributed by atoms with Crippen molar-refractivity contribution >= 4 is 23.2 Å². The van der Waals surface area contributed by atoms with Crippen LogP contribution >= 0.6 is 23.2 Å². The van der Waals surface area contributed by atoms with Crippen molar-refractivity contribution in [2.75, 3.05) is 0 Å². The van der Waals surface area contributed by atoms with Crippen molar-refractivity contribution in [2.24, 2.45) is 0 Å². The number of halogens is 2. The quantitative estimate of drug-likeness (QED) is 0.311. The molecule has 0 saturated heterocycles. The van der Waals surface area contributed by atoms with Crippen LogP contribution in [0.5, 0.6) is 0 Å². The topological polar surface area (TPSA) is 43.1 Å². The van der Waals surface area contributed by atoms with Crippen molar-refractivity contribution in [1.29, 1.82) is 0 Å². The first-order valence-corrected chi connectivity index (χ1v) is 4.29. The molecule has 70 valence electrons. The van der Waals surface area contributed by atoms with Gasteiger partial charge in [0.2, 0.25) is 0 Å². The summed E-state index contributed by atoms with van der Waals surface area (Å²) in [4.78, 5) is 8.38. The van der Waals surface area contributed by atoms with Crippen LogP contribution in [0.2, 0.25) is 0 Å². The first-order valence-electron chi connectivity index (χ1n) is 3.53. The molecule has 0 radical (unpaired) electrons. The number of nitro groups is 1. The summed E-state index contributed by atoms with van der Waals surface area (Å²) in [5.74, 6) is 0. The van der Waals surface area contributed by atoms with Crippen LogP contribution in [0, 0.1) is 10.1 Å². The third-order valence-corrected chi connectivity index (χ3v) is 2.51. The lowest BCUT2D eigenvalue weighted by Crippen LogP contribution is -2.31. The summed E-state index contributed by atoms with van der Waals surface area (Å²) >= 11 is 11.5. The van der Waals surface area contributed by atoms with Crippen LogP contribution in [0.3, 0.4) is 0 Å². The second-order valence-electron chi connectivity index (χ2n) is 2.65. The molecular formula is C8H7Cl2NO2. The zero-order chi connectivity index (χ0) is 10.1. The van der Waals surface area contributed by atoms with Crippen LogP contribution in [0.15, 0.2) is 35.4 Å². The number of nitrogens with zero attached hydrogens (tertiary/aromatic N) is 1. The molecule has 0 saturated carbocycles. The fourth-order valence-electron chi connectivity index (χ4n) is 0.991. The van der Waals surface area contributed by atoms with Crippen molar-refractivity contribution in [2.45, 2.75) is 11.4 Å². The lowest BCUT2D eigenvalue weighted by Gasteiger charge is -2.18. The van der Waals surface area contributed by atoms with Crippen LogP contribution < -0.4 is 0 Å². The summed E-state index contributed by atoms with van der Waals surface area (Å²) in [5.41, 5.74) is 0.680. The Hall–Kier alpha value is -0.800. The molecule has 0 aliphatic heterocycles. The van der Waals surface area contributed by atoms with E-state index in [1.807, 2.05) is 0 Å². The van der Waals surface area contributed by atoms with Gasteiger partial charge in [0.05, 0.1) is 6.42 Å². The normalized spacial score (nSPS) is 27.5. The molecule has 1 rings (SSSR count). The molecule has 1 atom stereocenters. The van der Waals surface area contributed by atoms with Crippen LogP contribution in [-0.2, 0) is 0 Å². The highest BCUT2D eigenvalue weighted by atomic mass is 35.5. The summed E-state index contributed by atoms with van der Waals surface area (Å²) in [7, 11) is 0. The monoisotopic (exact) mass is 219 g/mol. The molecule has 1 aliphatic rings. The molecule has 0 aromatic rings. The third-order valence-electron chi connectivity index (χ3n) is 1.76. The van der Waals surface area contributed by atoms with Gasteiger partial charge in [-0.1, -0.05) is 24.3 Å². The standard InChI is InChI=1S/C8H7Cl2NO2/c1-2-6-3-4-8(10,11(12)13)5-7(6)9/h2-4H,1,5H2. The average Bonchev–Trinajstić information content (AvgIpc) is 2.04. The zero-order valence-corrected chi connectivity index (χ0v) is 8.18. The van der Waals surface area contributed by atoms with E-state index >= 15 is 0 Å². The van der Waals surface area contributed by atoms with E-state index in [-0.39, 0.29) is 6.42 Å². The number of allylic oxidation sites excluding steroid dienone is 3. The third kappa shape index (κ3) is 1.92. The molecule has 1 aliphatic carbocycles. The highest BCUT2D eigenvalue weighted by Crippen LogP contribution is 2.34. The fourth-order valence-corrected chi connectivity index (χ4v) is 1.60. The minimum atomic E-state index is -1.59. The second-order valence-corrected chi connectivity index (χ2v) is 3.76. The van der Waals surface area contributed by atoms with Gasteiger partial charge in [0.1, 0.15) is 0 Å². The molecule has 1 unspecified atom stereocenters. The molecule has 5 heteroatoms. The van der Waals surface area contributed by atoms with Crippen molar-refractivity contribution in [1.82, 2.24) is 0 Å². The maximum Gasteiger partial charge on any atom is 0.318 e. The lowest BCUT2D eigenvalue weighted by atomic mass is 10.0. The highest BCUT2D eigenvalue weighted by Gasteiger charge is 2.40. The summed E-state index contributed by atoms with van der Waals surface area (Å²) in [5, 5.41) is 10.9. The van der Waals surface area contributed by atoms with E-state index in [9.17, 15) is 10.1 Å². The molecule has 0 aromatic carbocycles. The van der Waals surface area contributed by atoms with Gasteiger partial charge in [-0.2, -0.15) is 0 Å². The lowest BCUT2D eigenvalue weighted by molar-refractivity contribution is -0.527. The molecule has 3 nitrogen and oxygen atoms in total. The van der Waals surface area contributed by atoms with Crippen molar-refractivity contribution in [3.63, 3.8) is 0 Å². The van der Waals surface area contributed by atoms with Gasteiger partial charge in [-0.3, -0.25) is 10.1 Å². The van der Waals surface area contributed by atoms with E-state index in [1.54, 1.807) is 0 Å². The summed E-state index contributed by atoms with van der Waals surface area (Å²) in [6.07, 6.45) is 4.36. The predicted octanol–water partition coefficient (Wildman–Crippen LogP) is 2.84. The largest absolute Gasteiger partial charge is 0.318 e. The smallest absolute Gasteiger partial charge is 0.262 e. The molecule has 13 heavy (non-hydrogen) atoms. The van der Waals surface area contributed by atoms with Crippen LogP contribution in [-0.4, -0.2) is 9.92 Å². The van der Waals surface area contributed by atoms with Gasteiger partial charge >= 0.3 is 5.00 Å². The summed E-state index contributed by atoms with van der Waals surface area (Å²) in [6.45, 7) is 3.52. The van der Waals surface area contributed by atoms with Crippen LogP contribution in [0.4, 0.5) is 0 Å². The van der Waals surface area contributed by atoms with Crippen molar-refractivity contribution in [3.8, 4) is 0 Å². The summed E-state index contributed by atoms with van der Waals surface area (Å²) < 4.78 is 0. The first kappa shape index (κ1) is 10.3. The molecule has 0 fully saturated rings. The second kappa shape index (κ2) is 3.52. The molecule has 0 amide bonds. The number of hydrogen-bond acceptors (Lipinski definition) is 2. The van der Waals surface area contributed by atoms with Crippen molar-refractivity contribution < 1.29 is 4.92 Å². The first-order chi connectivity index (χ1) is 5.99. The Morgan fingerprint density at radius 1 is 1.77 bits per heavy atom. The van der Waals surface area contributed by atoms with E-state index in [2.05, 4.69) is 6.58 Å². The highest BCUT2D eigenvalue weighted by molar-refractivity contribution is 6.32. The van der Waals surface area contributed by atoms with E-state index in [1.165, 1.54) is 18.2 Å². The maximum atomic E-state index is 10.5. The van der Waals surface area contributed by atoms with Gasteiger partial charge in [0.15, 0.2) is 0 Å². The van der Waals surface area contributed by atoms with Crippen molar-refractivity contribution in [3.05, 3.63) is 45.5 Å².